The Labute approximate surface area is 319 Å². The first-order chi connectivity index (χ1) is 25.0. The predicted molar refractivity (Wildman–Crippen MR) is 229 cm³/mol. The fourth-order valence-corrected chi connectivity index (χ4v) is 11.8. The van der Waals surface area contributed by atoms with Gasteiger partial charge in [0.1, 0.15) is 11.5 Å². The predicted octanol–water partition coefficient (Wildman–Crippen LogP) is 15.9. The summed E-state index contributed by atoms with van der Waals surface area (Å²) in [5, 5.41) is 9.55. The summed E-state index contributed by atoms with van der Waals surface area (Å²) in [6.07, 6.45) is 15.0. The number of aryl methyl sites for hydroxylation is 2. The average Bonchev–Trinajstić information content (AvgIpc) is 3.89. The highest BCUT2D eigenvalue weighted by Gasteiger charge is 2.22. The van der Waals surface area contributed by atoms with Crippen LogP contribution in [0.25, 0.3) is 61.6 Å². The van der Waals surface area contributed by atoms with Gasteiger partial charge in [0.05, 0.1) is 29.4 Å². The Balaban J connectivity index is 1.34. The lowest BCUT2D eigenvalue weighted by atomic mass is 9.98. The Hall–Kier alpha value is -2.84. The lowest BCUT2D eigenvalue weighted by Gasteiger charge is -2.19. The molecule has 0 aliphatic rings. The van der Waals surface area contributed by atoms with E-state index in [1.165, 1.54) is 130 Å². The van der Waals surface area contributed by atoms with Gasteiger partial charge >= 0.3 is 0 Å². The molecule has 0 radical (unpaired) electrons. The monoisotopic (exact) mass is 756 g/mol. The number of fused-ring (bicyclic) bond motifs is 5. The highest BCUT2D eigenvalue weighted by Crippen LogP contribution is 2.51. The van der Waals surface area contributed by atoms with Crippen LogP contribution >= 0.6 is 45.3 Å². The Morgan fingerprint density at radius 3 is 1.65 bits per heavy atom. The lowest BCUT2D eigenvalue weighted by Crippen LogP contribution is -2.02. The maximum atomic E-state index is 6.90. The number of benzene rings is 3. The van der Waals surface area contributed by atoms with Crippen molar-refractivity contribution in [2.45, 2.75) is 112 Å². The first kappa shape index (κ1) is 36.5. The van der Waals surface area contributed by atoms with Gasteiger partial charge in [-0.1, -0.05) is 89.4 Å². The summed E-state index contributed by atoms with van der Waals surface area (Å²) < 4.78 is 23.7. The van der Waals surface area contributed by atoms with E-state index in [9.17, 15) is 0 Å². The minimum Gasteiger partial charge on any atom is -0.492 e. The molecule has 0 unspecified atom stereocenters. The van der Waals surface area contributed by atoms with Gasteiger partial charge in [0, 0.05) is 57.0 Å². The van der Waals surface area contributed by atoms with Gasteiger partial charge in [-0.15, -0.1) is 34.0 Å². The van der Waals surface area contributed by atoms with Gasteiger partial charge in [-0.3, -0.25) is 0 Å². The SMILES string of the molecule is CCCCCCCCOc1c2cc3cc(-c4sc(C)c5sc(OCC)cc45)sc3cc2c(OCCCCCCCC)c2cc3cc(C)sc3cc12. The maximum absolute atomic E-state index is 6.90. The zero-order valence-corrected chi connectivity index (χ0v) is 34.3. The highest BCUT2D eigenvalue weighted by molar-refractivity contribution is 7.30. The lowest BCUT2D eigenvalue weighted by molar-refractivity contribution is 0.306. The number of thiophene rings is 4. The molecule has 270 valence electrons. The molecule has 4 aromatic heterocycles. The molecule has 4 heterocycles. The zero-order valence-electron chi connectivity index (χ0n) is 31.0. The molecule has 0 N–H and O–H groups in total. The molecule has 7 rings (SSSR count). The topological polar surface area (TPSA) is 27.7 Å². The molecule has 3 nitrogen and oxygen atoms in total. The molecule has 0 aliphatic carbocycles. The molecule has 0 amide bonds. The van der Waals surface area contributed by atoms with Gasteiger partial charge in [0.15, 0.2) is 5.06 Å². The van der Waals surface area contributed by atoms with Crippen molar-refractivity contribution in [2.24, 2.45) is 0 Å². The van der Waals surface area contributed by atoms with Gasteiger partial charge in [0.2, 0.25) is 0 Å². The third-order valence-electron chi connectivity index (χ3n) is 9.94. The van der Waals surface area contributed by atoms with Crippen LogP contribution in [0.1, 0.15) is 108 Å². The van der Waals surface area contributed by atoms with Crippen LogP contribution in [0.3, 0.4) is 0 Å². The van der Waals surface area contributed by atoms with Crippen molar-refractivity contribution >= 4 is 97.2 Å². The molecule has 0 fully saturated rings. The van der Waals surface area contributed by atoms with Gasteiger partial charge in [-0.2, -0.15) is 0 Å². The second-order valence-corrected chi connectivity index (χ2v) is 18.6. The van der Waals surface area contributed by atoms with Crippen LogP contribution in [-0.2, 0) is 0 Å². The third kappa shape index (κ3) is 7.93. The van der Waals surface area contributed by atoms with E-state index in [4.69, 9.17) is 14.2 Å². The molecular weight excluding hydrogens is 705 g/mol. The number of unbranched alkanes of at least 4 members (excludes halogenated alkanes) is 10. The molecule has 7 aromatic rings. The van der Waals surface area contributed by atoms with Crippen molar-refractivity contribution < 1.29 is 14.2 Å². The zero-order chi connectivity index (χ0) is 35.3. The molecule has 0 aliphatic heterocycles. The van der Waals surface area contributed by atoms with Crippen molar-refractivity contribution in [1.29, 1.82) is 0 Å². The van der Waals surface area contributed by atoms with Crippen LogP contribution in [0.15, 0.2) is 42.5 Å². The largest absolute Gasteiger partial charge is 0.492 e. The minimum atomic E-state index is 0.689. The smallest absolute Gasteiger partial charge is 0.174 e. The van der Waals surface area contributed by atoms with E-state index in [0.717, 1.165) is 48.0 Å². The summed E-state index contributed by atoms with van der Waals surface area (Å²) in [5.74, 6) is 2.02. The van der Waals surface area contributed by atoms with E-state index in [0.29, 0.717) is 6.61 Å². The fraction of sp³-hybridized carbons (Fsp3) is 0.455. The first-order valence-electron chi connectivity index (χ1n) is 19.3. The van der Waals surface area contributed by atoms with Crippen LogP contribution in [0.2, 0.25) is 0 Å². The normalized spacial score (nSPS) is 12.0. The number of ether oxygens (including phenoxy) is 3. The van der Waals surface area contributed by atoms with Crippen molar-refractivity contribution in [3.8, 4) is 26.3 Å². The van der Waals surface area contributed by atoms with Crippen molar-refractivity contribution in [2.75, 3.05) is 19.8 Å². The molecule has 0 saturated carbocycles. The first-order valence-corrected chi connectivity index (χ1v) is 22.5. The molecule has 7 heteroatoms. The summed E-state index contributed by atoms with van der Waals surface area (Å²) in [4.78, 5) is 5.35. The molecule has 0 saturated heterocycles. The van der Waals surface area contributed by atoms with E-state index in [1.807, 2.05) is 34.0 Å². The molecule has 51 heavy (non-hydrogen) atoms. The van der Waals surface area contributed by atoms with Crippen molar-refractivity contribution in [3.05, 3.63) is 52.2 Å². The standard InChI is InChI=1S/C44H52O3S4/c1-6-9-11-13-15-17-19-46-41-32-22-30-21-28(4)48-37(30)25-34(32)42(47-20-18-16-14-12-10-7-2)33-23-31-24-39(50-38(31)26-35(33)41)44-36-27-40(45-8-3)51-43(36)29(5)49-44/h21-27H,6-20H2,1-5H3. The van der Waals surface area contributed by atoms with Gasteiger partial charge < -0.3 is 14.2 Å². The Morgan fingerprint density at radius 2 is 1.04 bits per heavy atom. The second kappa shape index (κ2) is 16.9. The van der Waals surface area contributed by atoms with Gasteiger partial charge in [-0.05, 0) is 80.8 Å². The van der Waals surface area contributed by atoms with E-state index in [-0.39, 0.29) is 0 Å². The van der Waals surface area contributed by atoms with Crippen molar-refractivity contribution in [3.63, 3.8) is 0 Å². The van der Waals surface area contributed by atoms with Crippen LogP contribution in [-0.4, -0.2) is 19.8 Å². The summed E-state index contributed by atoms with van der Waals surface area (Å²) in [5.41, 5.74) is 0. The Kier molecular flexibility index (Phi) is 12.1. The number of hydrogen-bond donors (Lipinski definition) is 0. The van der Waals surface area contributed by atoms with Crippen LogP contribution < -0.4 is 14.2 Å². The van der Waals surface area contributed by atoms with E-state index >= 15 is 0 Å². The average molecular weight is 757 g/mol. The van der Waals surface area contributed by atoms with Gasteiger partial charge in [0.25, 0.3) is 0 Å². The van der Waals surface area contributed by atoms with E-state index < -0.39 is 0 Å². The van der Waals surface area contributed by atoms with Crippen molar-refractivity contribution in [1.82, 2.24) is 0 Å². The van der Waals surface area contributed by atoms with Crippen LogP contribution in [0.5, 0.6) is 16.6 Å². The fourth-order valence-electron chi connectivity index (χ4n) is 7.33. The van der Waals surface area contributed by atoms with Gasteiger partial charge in [-0.25, -0.2) is 0 Å². The van der Waals surface area contributed by atoms with E-state index in [2.05, 4.69) is 77.1 Å². The highest BCUT2D eigenvalue weighted by atomic mass is 32.1. The summed E-state index contributed by atoms with van der Waals surface area (Å²) >= 11 is 7.43. The third-order valence-corrected chi connectivity index (χ3v) is 14.7. The molecule has 3 aromatic carbocycles. The van der Waals surface area contributed by atoms with Crippen LogP contribution in [0.4, 0.5) is 0 Å². The summed E-state index contributed by atoms with van der Waals surface area (Å²) in [7, 11) is 0. The Bertz CT molecular complexity index is 2140. The Morgan fingerprint density at radius 1 is 0.490 bits per heavy atom. The minimum absolute atomic E-state index is 0.689. The maximum Gasteiger partial charge on any atom is 0.174 e. The molecule has 0 bridgehead atoms. The van der Waals surface area contributed by atoms with Crippen LogP contribution in [0, 0.1) is 13.8 Å². The molecule has 0 atom stereocenters. The molecular formula is C44H52O3S4. The summed E-state index contributed by atoms with van der Waals surface area (Å²) in [6, 6.07) is 16.5. The number of hydrogen-bond acceptors (Lipinski definition) is 7. The number of rotatable bonds is 19. The molecule has 0 spiro atoms. The quantitative estimate of drug-likeness (QED) is 0.0607. The van der Waals surface area contributed by atoms with E-state index in [1.54, 1.807) is 11.3 Å². The second-order valence-electron chi connectivity index (χ2n) is 14.0. The summed E-state index contributed by atoms with van der Waals surface area (Å²) in [6.45, 7) is 13.2.